The molecule has 3 amide bonds. The number of likely N-dealkylation sites (tertiary alicyclic amines) is 1. The van der Waals surface area contributed by atoms with E-state index in [1.165, 1.54) is 23.3 Å². The van der Waals surface area contributed by atoms with Crippen molar-refractivity contribution >= 4 is 29.6 Å². The number of carbonyl (C=O) groups is 3. The minimum Gasteiger partial charge on any atom is -0.367 e. The maximum atomic E-state index is 12.1. The Balaban J connectivity index is 0.000000204. The number of amides is 3. The third kappa shape index (κ3) is 9.33. The summed E-state index contributed by atoms with van der Waals surface area (Å²) in [6.07, 6.45) is 4.39. The van der Waals surface area contributed by atoms with Crippen molar-refractivity contribution in [2.75, 3.05) is 6.54 Å². The average molecular weight is 519 g/mol. The predicted octanol–water partition coefficient (Wildman–Crippen LogP) is 4.77. The van der Waals surface area contributed by atoms with Crippen LogP contribution < -0.4 is 11.1 Å². The molecule has 2 aliphatic rings. The van der Waals surface area contributed by atoms with Gasteiger partial charge in [0.25, 0.3) is 5.91 Å². The van der Waals surface area contributed by atoms with E-state index >= 15 is 0 Å². The fourth-order valence-corrected chi connectivity index (χ4v) is 4.54. The zero-order chi connectivity index (χ0) is 26.9. The van der Waals surface area contributed by atoms with Gasteiger partial charge in [-0.3, -0.25) is 14.4 Å². The molecule has 0 radical (unpaired) electrons. The number of nitrogens with one attached hydrogen (secondary N) is 1. The molecule has 7 nitrogen and oxygen atoms in total. The smallest absolute Gasteiger partial charge is 0.255 e. The largest absolute Gasteiger partial charge is 0.367 e. The minimum absolute atomic E-state index is 0.124. The molecule has 2 heterocycles. The molecule has 198 valence electrons. The van der Waals surface area contributed by atoms with Crippen molar-refractivity contribution < 1.29 is 18.8 Å². The van der Waals surface area contributed by atoms with Gasteiger partial charge in [0, 0.05) is 25.6 Å². The van der Waals surface area contributed by atoms with Crippen molar-refractivity contribution in [2.24, 2.45) is 11.1 Å². The Morgan fingerprint density at radius 3 is 2.31 bits per heavy atom. The zero-order valence-electron chi connectivity index (χ0n) is 22.0. The standard InChI is InChI=1S/C12H12N2OS.C11H21NO.C4H6FNO/c1-9-12(16-8-14-9)11-4-2-10(3-5-11)6-13-7-15;1-9-6-5-7-12(9)10(13)8-11(2,3)4;5-4(1-2-4)3(6)7/h2-5,7-8H,6H2,1H3,(H,13,15);9H,5-8H2,1-4H3;1-2H2,(H2,6,7). The van der Waals surface area contributed by atoms with E-state index in [4.69, 9.17) is 0 Å². The van der Waals surface area contributed by atoms with E-state index in [1.54, 1.807) is 11.3 Å². The fourth-order valence-electron chi connectivity index (χ4n) is 3.73. The number of benzene rings is 1. The quantitative estimate of drug-likeness (QED) is 0.537. The maximum absolute atomic E-state index is 12.1. The molecule has 1 atom stereocenters. The van der Waals surface area contributed by atoms with Crippen LogP contribution in [0, 0.1) is 12.3 Å². The van der Waals surface area contributed by atoms with Crippen molar-refractivity contribution in [3.63, 3.8) is 0 Å². The summed E-state index contributed by atoms with van der Waals surface area (Å²) in [4.78, 5) is 39.3. The van der Waals surface area contributed by atoms with Gasteiger partial charge in [-0.2, -0.15) is 0 Å². The highest BCUT2D eigenvalue weighted by Gasteiger charge is 2.49. The first-order chi connectivity index (χ1) is 16.9. The third-order valence-electron chi connectivity index (χ3n) is 6.04. The van der Waals surface area contributed by atoms with Crippen LogP contribution >= 0.6 is 11.3 Å². The molecular formula is C27H39FN4O3S. The Morgan fingerprint density at radius 1 is 1.28 bits per heavy atom. The van der Waals surface area contributed by atoms with Crippen LogP contribution in [0.1, 0.15) is 71.1 Å². The van der Waals surface area contributed by atoms with Crippen LogP contribution in [-0.4, -0.2) is 46.4 Å². The molecule has 1 saturated carbocycles. The summed E-state index contributed by atoms with van der Waals surface area (Å²) in [5.74, 6) is -0.481. The molecule has 2 fully saturated rings. The first-order valence-corrected chi connectivity index (χ1v) is 13.2. The Kier molecular flexibility index (Phi) is 10.6. The molecule has 1 aliphatic carbocycles. The lowest BCUT2D eigenvalue weighted by molar-refractivity contribution is -0.133. The van der Waals surface area contributed by atoms with E-state index in [0.29, 0.717) is 44.2 Å². The zero-order valence-corrected chi connectivity index (χ0v) is 22.8. The third-order valence-corrected chi connectivity index (χ3v) is 7.01. The van der Waals surface area contributed by atoms with E-state index in [2.05, 4.69) is 55.9 Å². The van der Waals surface area contributed by atoms with Crippen molar-refractivity contribution in [3.05, 3.63) is 41.0 Å². The highest BCUT2D eigenvalue weighted by molar-refractivity contribution is 7.13. The van der Waals surface area contributed by atoms with E-state index in [0.717, 1.165) is 17.8 Å². The van der Waals surface area contributed by atoms with Crippen LogP contribution in [0.3, 0.4) is 0 Å². The molecule has 2 aromatic rings. The van der Waals surface area contributed by atoms with Crippen molar-refractivity contribution in [2.45, 2.75) is 85.0 Å². The van der Waals surface area contributed by atoms with E-state index in [9.17, 15) is 18.8 Å². The Morgan fingerprint density at radius 2 is 1.92 bits per heavy atom. The molecular weight excluding hydrogens is 479 g/mol. The first kappa shape index (κ1) is 29.4. The summed E-state index contributed by atoms with van der Waals surface area (Å²) in [5, 5.41) is 2.64. The van der Waals surface area contributed by atoms with Crippen molar-refractivity contribution in [3.8, 4) is 10.4 Å². The lowest BCUT2D eigenvalue weighted by Crippen LogP contribution is -2.35. The Bertz CT molecular complexity index is 1010. The second kappa shape index (κ2) is 12.9. The van der Waals surface area contributed by atoms with Gasteiger partial charge in [-0.05, 0) is 56.1 Å². The molecule has 0 bridgehead atoms. The number of carbonyl (C=O) groups excluding carboxylic acids is 3. The van der Waals surface area contributed by atoms with Crippen molar-refractivity contribution in [1.82, 2.24) is 15.2 Å². The number of hydrogen-bond donors (Lipinski definition) is 2. The maximum Gasteiger partial charge on any atom is 0.255 e. The number of rotatable bonds is 6. The fraction of sp³-hybridized carbons (Fsp3) is 0.556. The summed E-state index contributed by atoms with van der Waals surface area (Å²) >= 11 is 1.64. The molecule has 3 N–H and O–H groups in total. The van der Waals surface area contributed by atoms with Crippen LogP contribution in [0.5, 0.6) is 0 Å². The Hall–Kier alpha value is -2.81. The number of primary amides is 1. The number of nitrogens with two attached hydrogens (primary N) is 1. The molecule has 1 saturated heterocycles. The lowest BCUT2D eigenvalue weighted by atomic mass is 9.91. The van der Waals surface area contributed by atoms with Gasteiger partial charge in [0.15, 0.2) is 5.67 Å². The molecule has 0 spiro atoms. The van der Waals surface area contributed by atoms with Crippen LogP contribution in [0.4, 0.5) is 4.39 Å². The van der Waals surface area contributed by atoms with Gasteiger partial charge in [-0.25, -0.2) is 9.37 Å². The normalized spacial score (nSPS) is 17.7. The van der Waals surface area contributed by atoms with E-state index < -0.39 is 11.6 Å². The summed E-state index contributed by atoms with van der Waals surface area (Å²) < 4.78 is 12.1. The number of halogens is 1. The minimum atomic E-state index is -1.61. The van der Waals surface area contributed by atoms with Crippen LogP contribution in [-0.2, 0) is 20.9 Å². The topological polar surface area (TPSA) is 105 Å². The van der Waals surface area contributed by atoms with E-state index in [-0.39, 0.29) is 5.41 Å². The molecule has 36 heavy (non-hydrogen) atoms. The number of nitrogens with zero attached hydrogens (tertiary/aromatic N) is 2. The molecule has 4 rings (SSSR count). The molecule has 1 aromatic carbocycles. The van der Waals surface area contributed by atoms with Crippen LogP contribution in [0.25, 0.3) is 10.4 Å². The van der Waals surface area contributed by atoms with Crippen molar-refractivity contribution in [1.29, 1.82) is 0 Å². The summed E-state index contributed by atoms with van der Waals surface area (Å²) in [7, 11) is 0. The lowest BCUT2D eigenvalue weighted by Gasteiger charge is -2.26. The average Bonchev–Trinajstić information content (AvgIpc) is 3.20. The Labute approximate surface area is 217 Å². The van der Waals surface area contributed by atoms with Gasteiger partial charge in [-0.1, -0.05) is 45.0 Å². The van der Waals surface area contributed by atoms with Gasteiger partial charge in [0.1, 0.15) is 0 Å². The molecule has 9 heteroatoms. The number of hydrogen-bond acceptors (Lipinski definition) is 5. The highest BCUT2D eigenvalue weighted by atomic mass is 32.1. The predicted molar refractivity (Wildman–Crippen MR) is 142 cm³/mol. The second-order valence-electron chi connectivity index (χ2n) is 10.6. The molecule has 1 unspecified atom stereocenters. The second-order valence-corrected chi connectivity index (χ2v) is 11.5. The summed E-state index contributed by atoms with van der Waals surface area (Å²) in [6.45, 7) is 12.0. The van der Waals surface area contributed by atoms with E-state index in [1.807, 2.05) is 29.5 Å². The van der Waals surface area contributed by atoms with Gasteiger partial charge in [-0.15, -0.1) is 11.3 Å². The number of alkyl halides is 1. The number of thiazole rings is 1. The molecule has 1 aromatic heterocycles. The van der Waals surface area contributed by atoms with Gasteiger partial charge < -0.3 is 16.0 Å². The van der Waals surface area contributed by atoms with Gasteiger partial charge in [0.2, 0.25) is 12.3 Å². The number of aromatic nitrogens is 1. The van der Waals surface area contributed by atoms with Gasteiger partial charge >= 0.3 is 0 Å². The SMILES string of the molecule is CC1CCCN1C(=O)CC(C)(C)C.Cc1ncsc1-c1ccc(CNC=O)cc1.NC(=O)C1(F)CC1. The first-order valence-electron chi connectivity index (χ1n) is 12.3. The van der Waals surface area contributed by atoms with Crippen LogP contribution in [0.15, 0.2) is 29.8 Å². The number of aryl methyl sites for hydroxylation is 1. The highest BCUT2D eigenvalue weighted by Crippen LogP contribution is 2.38. The monoisotopic (exact) mass is 518 g/mol. The summed E-state index contributed by atoms with van der Waals surface area (Å²) in [6, 6.07) is 8.62. The summed E-state index contributed by atoms with van der Waals surface area (Å²) in [5.41, 5.74) is 8.32. The molecule has 1 aliphatic heterocycles. The van der Waals surface area contributed by atoms with Gasteiger partial charge in [0.05, 0.1) is 16.1 Å². The van der Waals surface area contributed by atoms with Crippen LogP contribution in [0.2, 0.25) is 0 Å².